The molecule has 6 heteroatoms. The maximum absolute atomic E-state index is 10.9. The summed E-state index contributed by atoms with van der Waals surface area (Å²) in [5.41, 5.74) is 0.455. The molecule has 0 aliphatic heterocycles. The van der Waals surface area contributed by atoms with Gasteiger partial charge in [0.05, 0.1) is 25.2 Å². The maximum atomic E-state index is 10.9. The Labute approximate surface area is 115 Å². The van der Waals surface area contributed by atoms with Crippen molar-refractivity contribution in [3.8, 4) is 5.75 Å². The Morgan fingerprint density at radius 2 is 2.16 bits per heavy atom. The lowest BCUT2D eigenvalue weighted by Crippen LogP contribution is -2.08. The van der Waals surface area contributed by atoms with E-state index >= 15 is 0 Å². The molecule has 0 aliphatic carbocycles. The van der Waals surface area contributed by atoms with Crippen LogP contribution in [-0.4, -0.2) is 30.8 Å². The van der Waals surface area contributed by atoms with Crippen molar-refractivity contribution in [3.63, 3.8) is 0 Å². The van der Waals surface area contributed by atoms with Gasteiger partial charge in [-0.2, -0.15) is 0 Å². The molecule has 102 valence electrons. The second-order valence-corrected chi connectivity index (χ2v) is 3.91. The van der Waals surface area contributed by atoms with E-state index in [0.717, 1.165) is 6.08 Å². The van der Waals surface area contributed by atoms with Crippen LogP contribution in [0.25, 0.3) is 6.08 Å². The van der Waals surface area contributed by atoms with Crippen LogP contribution in [0.5, 0.6) is 5.75 Å². The Morgan fingerprint density at radius 3 is 2.79 bits per heavy atom. The van der Waals surface area contributed by atoms with Gasteiger partial charge in [-0.05, 0) is 18.2 Å². The van der Waals surface area contributed by atoms with Crippen LogP contribution in [0.2, 0.25) is 5.02 Å². The number of esters is 1. The van der Waals surface area contributed by atoms with E-state index in [-0.39, 0.29) is 19.0 Å². The van der Waals surface area contributed by atoms with Gasteiger partial charge in [0.1, 0.15) is 5.75 Å². The Hall–Kier alpha value is -2.01. The molecule has 0 unspecified atom stereocenters. The third-order valence-electron chi connectivity index (χ3n) is 2.20. The van der Waals surface area contributed by atoms with E-state index in [9.17, 15) is 9.59 Å². The molecule has 0 saturated heterocycles. The first-order chi connectivity index (χ1) is 9.04. The lowest BCUT2D eigenvalue weighted by atomic mass is 10.2. The van der Waals surface area contributed by atoms with E-state index in [2.05, 4.69) is 4.74 Å². The number of carboxylic acid groups (broad SMARTS) is 1. The van der Waals surface area contributed by atoms with Crippen molar-refractivity contribution in [1.29, 1.82) is 0 Å². The molecule has 0 amide bonds. The SMILES string of the molecule is COC(=O)CCOc1cccc(Cl)c1/C=C/C(=O)O. The van der Waals surface area contributed by atoms with E-state index in [1.54, 1.807) is 18.2 Å². The number of carbonyl (C=O) groups is 2. The van der Waals surface area contributed by atoms with Crippen molar-refractivity contribution in [2.45, 2.75) is 6.42 Å². The molecule has 0 bridgehead atoms. The Bertz CT molecular complexity index is 496. The number of hydrogen-bond donors (Lipinski definition) is 1. The minimum atomic E-state index is -1.08. The second-order valence-electron chi connectivity index (χ2n) is 3.50. The van der Waals surface area contributed by atoms with Crippen LogP contribution in [-0.2, 0) is 14.3 Å². The van der Waals surface area contributed by atoms with Gasteiger partial charge in [-0.1, -0.05) is 17.7 Å². The normalized spacial score (nSPS) is 10.4. The number of rotatable bonds is 6. The number of ether oxygens (including phenoxy) is 2. The van der Waals surface area contributed by atoms with Crippen LogP contribution >= 0.6 is 11.6 Å². The summed E-state index contributed by atoms with van der Waals surface area (Å²) in [5.74, 6) is -1.06. The van der Waals surface area contributed by atoms with Gasteiger partial charge in [-0.25, -0.2) is 4.79 Å². The molecule has 5 nitrogen and oxygen atoms in total. The van der Waals surface area contributed by atoms with Gasteiger partial charge in [-0.15, -0.1) is 0 Å². The van der Waals surface area contributed by atoms with Crippen molar-refractivity contribution in [2.24, 2.45) is 0 Å². The molecule has 0 fully saturated rings. The topological polar surface area (TPSA) is 72.8 Å². The predicted octanol–water partition coefficient (Wildman–Crippen LogP) is 2.38. The maximum Gasteiger partial charge on any atom is 0.328 e. The van der Waals surface area contributed by atoms with E-state index in [1.807, 2.05) is 0 Å². The van der Waals surface area contributed by atoms with Gasteiger partial charge in [0.2, 0.25) is 0 Å². The summed E-state index contributed by atoms with van der Waals surface area (Å²) in [7, 11) is 1.29. The van der Waals surface area contributed by atoms with Crippen molar-refractivity contribution >= 4 is 29.6 Å². The minimum Gasteiger partial charge on any atom is -0.492 e. The van der Waals surface area contributed by atoms with E-state index in [1.165, 1.54) is 13.2 Å². The zero-order valence-corrected chi connectivity index (χ0v) is 11.0. The van der Waals surface area contributed by atoms with Gasteiger partial charge in [0, 0.05) is 11.6 Å². The predicted molar refractivity (Wildman–Crippen MR) is 70.2 cm³/mol. The molecule has 0 heterocycles. The minimum absolute atomic E-state index is 0.102. The first-order valence-electron chi connectivity index (χ1n) is 5.43. The lowest BCUT2D eigenvalue weighted by molar-refractivity contribution is -0.141. The van der Waals surface area contributed by atoms with E-state index in [0.29, 0.717) is 16.3 Å². The largest absolute Gasteiger partial charge is 0.492 e. The van der Waals surface area contributed by atoms with Gasteiger partial charge < -0.3 is 14.6 Å². The van der Waals surface area contributed by atoms with Gasteiger partial charge in [0.25, 0.3) is 0 Å². The standard InChI is InChI=1S/C13H13ClO5/c1-18-13(17)7-8-19-11-4-2-3-10(14)9(11)5-6-12(15)16/h2-6H,7-8H2,1H3,(H,15,16)/b6-5+. The number of hydrogen-bond acceptors (Lipinski definition) is 4. The van der Waals surface area contributed by atoms with Gasteiger partial charge >= 0.3 is 11.9 Å². The van der Waals surface area contributed by atoms with E-state index in [4.69, 9.17) is 21.4 Å². The summed E-state index contributed by atoms with van der Waals surface area (Å²) in [6.45, 7) is 0.126. The van der Waals surface area contributed by atoms with E-state index < -0.39 is 5.97 Å². The van der Waals surface area contributed by atoms with Crippen LogP contribution in [0.4, 0.5) is 0 Å². The van der Waals surface area contributed by atoms with Gasteiger partial charge in [-0.3, -0.25) is 4.79 Å². The molecule has 0 aliphatic rings. The molecular formula is C13H13ClO5. The van der Waals surface area contributed by atoms with Crippen LogP contribution in [0, 0.1) is 0 Å². The second kappa shape index (κ2) is 7.43. The average Bonchev–Trinajstić information content (AvgIpc) is 2.37. The highest BCUT2D eigenvalue weighted by atomic mass is 35.5. The Kier molecular flexibility index (Phi) is 5.89. The molecule has 1 rings (SSSR count). The fourth-order valence-corrected chi connectivity index (χ4v) is 1.53. The summed E-state index contributed by atoms with van der Waals surface area (Å²) < 4.78 is 9.88. The van der Waals surface area contributed by atoms with Crippen molar-refractivity contribution in [1.82, 2.24) is 0 Å². The number of benzene rings is 1. The monoisotopic (exact) mass is 284 g/mol. The summed E-state index contributed by atoms with van der Waals surface area (Å²) in [5, 5.41) is 8.97. The fraction of sp³-hybridized carbons (Fsp3) is 0.231. The zero-order valence-electron chi connectivity index (χ0n) is 10.3. The number of halogens is 1. The Morgan fingerprint density at radius 1 is 1.42 bits per heavy atom. The average molecular weight is 285 g/mol. The molecule has 0 radical (unpaired) electrons. The van der Waals surface area contributed by atoms with Crippen LogP contribution in [0.15, 0.2) is 24.3 Å². The number of methoxy groups -OCH3 is 1. The first-order valence-corrected chi connectivity index (χ1v) is 5.81. The quantitative estimate of drug-likeness (QED) is 0.641. The molecule has 1 aromatic carbocycles. The van der Waals surface area contributed by atoms with Crippen molar-refractivity contribution in [2.75, 3.05) is 13.7 Å². The highest BCUT2D eigenvalue weighted by Gasteiger charge is 2.07. The summed E-state index contributed by atoms with van der Waals surface area (Å²) in [6, 6.07) is 4.94. The molecule has 0 atom stereocenters. The number of carbonyl (C=O) groups excluding carboxylic acids is 1. The highest BCUT2D eigenvalue weighted by molar-refractivity contribution is 6.32. The summed E-state index contributed by atoms with van der Waals surface area (Å²) in [6.07, 6.45) is 2.41. The zero-order chi connectivity index (χ0) is 14.3. The number of aliphatic carboxylic acids is 1. The van der Waals surface area contributed by atoms with Crippen molar-refractivity contribution < 1.29 is 24.2 Å². The number of carboxylic acids is 1. The third-order valence-corrected chi connectivity index (χ3v) is 2.53. The summed E-state index contributed by atoms with van der Waals surface area (Å²) in [4.78, 5) is 21.5. The van der Waals surface area contributed by atoms with Crippen LogP contribution in [0.1, 0.15) is 12.0 Å². The van der Waals surface area contributed by atoms with Crippen LogP contribution in [0.3, 0.4) is 0 Å². The summed E-state index contributed by atoms with van der Waals surface area (Å²) >= 11 is 5.97. The van der Waals surface area contributed by atoms with Crippen LogP contribution < -0.4 is 4.74 Å². The lowest BCUT2D eigenvalue weighted by Gasteiger charge is -2.09. The molecule has 0 saturated carbocycles. The molecular weight excluding hydrogens is 272 g/mol. The smallest absolute Gasteiger partial charge is 0.328 e. The first kappa shape index (κ1) is 15.0. The highest BCUT2D eigenvalue weighted by Crippen LogP contribution is 2.27. The fourth-order valence-electron chi connectivity index (χ4n) is 1.31. The molecule has 0 aromatic heterocycles. The molecule has 1 N–H and O–H groups in total. The Balaban J connectivity index is 2.79. The molecule has 0 spiro atoms. The molecule has 1 aromatic rings. The molecule has 19 heavy (non-hydrogen) atoms. The van der Waals surface area contributed by atoms with Gasteiger partial charge in [0.15, 0.2) is 0 Å². The van der Waals surface area contributed by atoms with Crippen molar-refractivity contribution in [3.05, 3.63) is 34.9 Å². The third kappa shape index (κ3) is 5.01.